The first-order valence-electron chi connectivity index (χ1n) is 7.14. The lowest BCUT2D eigenvalue weighted by atomic mass is 10.2. The predicted molar refractivity (Wildman–Crippen MR) is 90.8 cm³/mol. The van der Waals surface area contributed by atoms with Crippen LogP contribution in [0, 0.1) is 0 Å². The summed E-state index contributed by atoms with van der Waals surface area (Å²) in [5, 5.41) is 6.62. The van der Waals surface area contributed by atoms with Crippen LogP contribution in [-0.4, -0.2) is 18.6 Å². The number of hydrogen-bond donors (Lipinski definition) is 2. The number of hydrogen-bond acceptors (Lipinski definition) is 3. The zero-order valence-corrected chi connectivity index (χ0v) is 13.4. The van der Waals surface area contributed by atoms with Gasteiger partial charge in [0.05, 0.1) is 6.61 Å². The molecule has 0 fully saturated rings. The Balaban J connectivity index is 1.91. The van der Waals surface area contributed by atoms with E-state index in [1.165, 1.54) is 0 Å². The van der Waals surface area contributed by atoms with Crippen molar-refractivity contribution in [1.29, 1.82) is 0 Å². The average Bonchev–Trinajstić information content (AvgIpc) is 2.51. The van der Waals surface area contributed by atoms with E-state index in [4.69, 9.17) is 16.3 Å². The fourth-order valence-corrected chi connectivity index (χ4v) is 2.04. The first kappa shape index (κ1) is 16.2. The summed E-state index contributed by atoms with van der Waals surface area (Å²) in [4.78, 5) is 12.1. The molecule has 2 aromatic carbocycles. The van der Waals surface area contributed by atoms with Crippen molar-refractivity contribution in [2.75, 3.05) is 17.2 Å². The molecule has 1 atom stereocenters. The molecule has 0 aliphatic heterocycles. The van der Waals surface area contributed by atoms with Crippen molar-refractivity contribution in [3.8, 4) is 5.75 Å². The fraction of sp³-hybridized carbons (Fsp3) is 0.235. The number of ether oxygens (including phenoxy) is 1. The quantitative estimate of drug-likeness (QED) is 0.840. The second-order valence-corrected chi connectivity index (χ2v) is 5.26. The van der Waals surface area contributed by atoms with Crippen molar-refractivity contribution in [3.05, 3.63) is 53.6 Å². The molecule has 0 spiro atoms. The Kier molecular flexibility index (Phi) is 5.67. The monoisotopic (exact) mass is 318 g/mol. The lowest BCUT2D eigenvalue weighted by Gasteiger charge is -2.15. The van der Waals surface area contributed by atoms with E-state index in [2.05, 4.69) is 10.6 Å². The molecule has 0 aliphatic rings. The molecule has 0 aliphatic carbocycles. The van der Waals surface area contributed by atoms with Gasteiger partial charge in [-0.1, -0.05) is 11.6 Å². The summed E-state index contributed by atoms with van der Waals surface area (Å²) in [5.41, 5.74) is 1.58. The minimum Gasteiger partial charge on any atom is -0.494 e. The van der Waals surface area contributed by atoms with Crippen molar-refractivity contribution in [2.45, 2.75) is 19.9 Å². The number of anilines is 2. The summed E-state index contributed by atoms with van der Waals surface area (Å²) in [5.74, 6) is 0.697. The van der Waals surface area contributed by atoms with E-state index < -0.39 is 0 Å². The standard InChI is InChI=1S/C17H19ClN2O2/c1-3-22-16-10-8-14(9-11-16)19-12(2)17(21)20-15-6-4-13(18)5-7-15/h4-12,19H,3H2,1-2H3,(H,20,21). The largest absolute Gasteiger partial charge is 0.494 e. The molecule has 22 heavy (non-hydrogen) atoms. The highest BCUT2D eigenvalue weighted by atomic mass is 35.5. The Morgan fingerprint density at radius 3 is 2.27 bits per heavy atom. The van der Waals surface area contributed by atoms with E-state index in [1.807, 2.05) is 38.1 Å². The Labute approximate surface area is 135 Å². The molecule has 0 saturated carbocycles. The average molecular weight is 319 g/mol. The zero-order chi connectivity index (χ0) is 15.9. The Bertz CT molecular complexity index is 612. The SMILES string of the molecule is CCOc1ccc(NC(C)C(=O)Nc2ccc(Cl)cc2)cc1. The van der Waals surface area contributed by atoms with Crippen LogP contribution in [0.1, 0.15) is 13.8 Å². The number of nitrogens with one attached hydrogen (secondary N) is 2. The van der Waals surface area contributed by atoms with Crippen molar-refractivity contribution >= 4 is 28.9 Å². The van der Waals surface area contributed by atoms with E-state index in [1.54, 1.807) is 24.3 Å². The maximum absolute atomic E-state index is 12.1. The minimum absolute atomic E-state index is 0.115. The number of benzene rings is 2. The highest BCUT2D eigenvalue weighted by Crippen LogP contribution is 2.17. The predicted octanol–water partition coefficient (Wildman–Crippen LogP) is 4.18. The molecule has 5 heteroatoms. The lowest BCUT2D eigenvalue weighted by molar-refractivity contribution is -0.116. The third kappa shape index (κ3) is 4.67. The minimum atomic E-state index is -0.367. The molecule has 1 amide bonds. The Morgan fingerprint density at radius 1 is 1.09 bits per heavy atom. The van der Waals surface area contributed by atoms with Crippen LogP contribution in [0.3, 0.4) is 0 Å². The zero-order valence-electron chi connectivity index (χ0n) is 12.6. The molecule has 0 radical (unpaired) electrons. The Morgan fingerprint density at radius 2 is 1.68 bits per heavy atom. The van der Waals surface area contributed by atoms with E-state index in [0.29, 0.717) is 11.6 Å². The molecule has 0 bridgehead atoms. The van der Waals surface area contributed by atoms with Crippen molar-refractivity contribution in [2.24, 2.45) is 0 Å². The highest BCUT2D eigenvalue weighted by Gasteiger charge is 2.12. The molecule has 116 valence electrons. The van der Waals surface area contributed by atoms with Gasteiger partial charge in [0.2, 0.25) is 5.91 Å². The van der Waals surface area contributed by atoms with E-state index in [9.17, 15) is 4.79 Å². The number of rotatable bonds is 6. The fourth-order valence-electron chi connectivity index (χ4n) is 1.91. The van der Waals surface area contributed by atoms with Crippen LogP contribution in [-0.2, 0) is 4.79 Å². The van der Waals surface area contributed by atoms with Gasteiger partial charge < -0.3 is 15.4 Å². The van der Waals surface area contributed by atoms with Crippen LogP contribution in [0.2, 0.25) is 5.02 Å². The number of amides is 1. The summed E-state index contributed by atoms with van der Waals surface area (Å²) < 4.78 is 5.38. The van der Waals surface area contributed by atoms with Gasteiger partial charge in [-0.3, -0.25) is 4.79 Å². The summed E-state index contributed by atoms with van der Waals surface area (Å²) in [6.45, 7) is 4.38. The van der Waals surface area contributed by atoms with Gasteiger partial charge in [0.15, 0.2) is 0 Å². The van der Waals surface area contributed by atoms with Crippen LogP contribution in [0.5, 0.6) is 5.75 Å². The van der Waals surface area contributed by atoms with Crippen LogP contribution >= 0.6 is 11.6 Å². The third-order valence-electron chi connectivity index (χ3n) is 3.05. The summed E-state index contributed by atoms with van der Waals surface area (Å²) in [6.07, 6.45) is 0. The van der Waals surface area contributed by atoms with Gasteiger partial charge in [-0.25, -0.2) is 0 Å². The summed E-state index contributed by atoms with van der Waals surface area (Å²) in [6, 6.07) is 14.2. The van der Waals surface area contributed by atoms with Crippen molar-refractivity contribution < 1.29 is 9.53 Å². The van der Waals surface area contributed by atoms with Gasteiger partial charge >= 0.3 is 0 Å². The second kappa shape index (κ2) is 7.71. The molecule has 2 aromatic rings. The van der Waals surface area contributed by atoms with E-state index >= 15 is 0 Å². The normalized spacial score (nSPS) is 11.6. The van der Waals surface area contributed by atoms with Crippen LogP contribution in [0.15, 0.2) is 48.5 Å². The smallest absolute Gasteiger partial charge is 0.246 e. The molecule has 0 heterocycles. The number of carbonyl (C=O) groups excluding carboxylic acids is 1. The molecule has 4 nitrogen and oxygen atoms in total. The van der Waals surface area contributed by atoms with Crippen LogP contribution in [0.25, 0.3) is 0 Å². The van der Waals surface area contributed by atoms with E-state index in [-0.39, 0.29) is 11.9 Å². The van der Waals surface area contributed by atoms with Gasteiger partial charge in [-0.15, -0.1) is 0 Å². The molecule has 2 rings (SSSR count). The maximum Gasteiger partial charge on any atom is 0.246 e. The summed E-state index contributed by atoms with van der Waals surface area (Å²) in [7, 11) is 0. The first-order valence-corrected chi connectivity index (χ1v) is 7.52. The van der Waals surface area contributed by atoms with Gasteiger partial charge in [0.25, 0.3) is 0 Å². The Hall–Kier alpha value is -2.20. The van der Waals surface area contributed by atoms with Crippen LogP contribution < -0.4 is 15.4 Å². The molecular weight excluding hydrogens is 300 g/mol. The van der Waals surface area contributed by atoms with Crippen LogP contribution in [0.4, 0.5) is 11.4 Å². The van der Waals surface area contributed by atoms with Gasteiger partial charge in [0.1, 0.15) is 11.8 Å². The van der Waals surface area contributed by atoms with Gasteiger partial charge in [-0.2, -0.15) is 0 Å². The number of halogens is 1. The van der Waals surface area contributed by atoms with Crippen molar-refractivity contribution in [1.82, 2.24) is 0 Å². The molecule has 1 unspecified atom stereocenters. The van der Waals surface area contributed by atoms with Gasteiger partial charge in [0, 0.05) is 16.4 Å². The molecular formula is C17H19ClN2O2. The highest BCUT2D eigenvalue weighted by molar-refractivity contribution is 6.30. The number of carbonyl (C=O) groups is 1. The summed E-state index contributed by atoms with van der Waals surface area (Å²) >= 11 is 5.82. The topological polar surface area (TPSA) is 50.4 Å². The maximum atomic E-state index is 12.1. The lowest BCUT2D eigenvalue weighted by Crippen LogP contribution is -2.31. The third-order valence-corrected chi connectivity index (χ3v) is 3.31. The molecule has 0 saturated heterocycles. The van der Waals surface area contributed by atoms with Crippen molar-refractivity contribution in [3.63, 3.8) is 0 Å². The first-order chi connectivity index (χ1) is 10.6. The van der Waals surface area contributed by atoms with E-state index in [0.717, 1.165) is 17.1 Å². The second-order valence-electron chi connectivity index (χ2n) is 4.82. The molecule has 2 N–H and O–H groups in total. The molecule has 0 aromatic heterocycles. The van der Waals surface area contributed by atoms with Gasteiger partial charge in [-0.05, 0) is 62.4 Å².